The third-order valence-corrected chi connectivity index (χ3v) is 3.88. The Labute approximate surface area is 128 Å². The molecule has 0 radical (unpaired) electrons. The van der Waals surface area contributed by atoms with E-state index >= 15 is 0 Å². The predicted molar refractivity (Wildman–Crippen MR) is 85.1 cm³/mol. The van der Waals surface area contributed by atoms with E-state index in [0.29, 0.717) is 16.0 Å². The van der Waals surface area contributed by atoms with Gasteiger partial charge in [0.2, 0.25) is 0 Å². The quantitative estimate of drug-likeness (QED) is 0.850. The first-order chi connectivity index (χ1) is 9.49. The minimum absolute atomic E-state index is 0.283. The third-order valence-electron chi connectivity index (χ3n) is 3.27. The highest BCUT2D eigenvalue weighted by molar-refractivity contribution is 9.10. The second kappa shape index (κ2) is 6.51. The van der Waals surface area contributed by atoms with E-state index in [4.69, 9.17) is 5.73 Å². The Hall–Kier alpha value is -1.19. The van der Waals surface area contributed by atoms with Gasteiger partial charge in [-0.3, -0.25) is 0 Å². The maximum atomic E-state index is 14.1. The molecule has 0 aromatic heterocycles. The average Bonchev–Trinajstić information content (AvgIpc) is 2.41. The van der Waals surface area contributed by atoms with Crippen LogP contribution in [-0.4, -0.2) is 0 Å². The van der Waals surface area contributed by atoms with Crippen LogP contribution in [0.25, 0.3) is 0 Å². The van der Waals surface area contributed by atoms with Crippen LogP contribution in [0.5, 0.6) is 0 Å². The monoisotopic (exact) mass is 335 g/mol. The minimum atomic E-state index is -0.445. The van der Waals surface area contributed by atoms with Gasteiger partial charge in [-0.15, -0.1) is 0 Å². The Balaban J connectivity index is 2.33. The molecular formula is C17H19BrFN. The van der Waals surface area contributed by atoms with E-state index in [1.54, 1.807) is 18.2 Å². The molecule has 0 saturated heterocycles. The number of halogens is 2. The number of hydrogen-bond donors (Lipinski definition) is 1. The highest BCUT2D eigenvalue weighted by atomic mass is 79.9. The van der Waals surface area contributed by atoms with Gasteiger partial charge in [0.05, 0.1) is 10.5 Å². The number of nitrogens with two attached hydrogens (primary N) is 1. The lowest BCUT2D eigenvalue weighted by molar-refractivity contribution is 0.593. The molecule has 1 unspecified atom stereocenters. The first kappa shape index (κ1) is 15.2. The molecular weight excluding hydrogens is 317 g/mol. The van der Waals surface area contributed by atoms with Gasteiger partial charge < -0.3 is 5.73 Å². The molecule has 2 N–H and O–H groups in total. The molecule has 0 fully saturated rings. The number of benzene rings is 2. The van der Waals surface area contributed by atoms with Crippen LogP contribution in [0.15, 0.2) is 46.9 Å². The molecule has 0 amide bonds. The first-order valence-electron chi connectivity index (χ1n) is 6.77. The molecule has 2 rings (SSSR count). The van der Waals surface area contributed by atoms with Crippen molar-refractivity contribution in [2.75, 3.05) is 0 Å². The minimum Gasteiger partial charge on any atom is -0.320 e. The lowest BCUT2D eigenvalue weighted by Crippen LogP contribution is -2.14. The summed E-state index contributed by atoms with van der Waals surface area (Å²) in [7, 11) is 0. The van der Waals surface area contributed by atoms with Crippen molar-refractivity contribution in [1.29, 1.82) is 0 Å². The lowest BCUT2D eigenvalue weighted by atomic mass is 9.95. The van der Waals surface area contributed by atoms with E-state index in [0.717, 1.165) is 12.0 Å². The lowest BCUT2D eigenvalue weighted by Gasteiger charge is -2.16. The van der Waals surface area contributed by atoms with Crippen molar-refractivity contribution >= 4 is 15.9 Å². The molecule has 0 heterocycles. The Morgan fingerprint density at radius 1 is 1.15 bits per heavy atom. The van der Waals surface area contributed by atoms with Crippen LogP contribution >= 0.6 is 15.9 Å². The van der Waals surface area contributed by atoms with Crippen LogP contribution in [0.3, 0.4) is 0 Å². The van der Waals surface area contributed by atoms with Crippen molar-refractivity contribution in [3.63, 3.8) is 0 Å². The predicted octanol–water partition coefficient (Wildman–Crippen LogP) is 4.83. The SMILES string of the molecule is CC(C)Cc1cccc(C(N)c2cccc(Br)c2F)c1. The zero-order chi connectivity index (χ0) is 14.7. The van der Waals surface area contributed by atoms with Gasteiger partial charge >= 0.3 is 0 Å². The van der Waals surface area contributed by atoms with Crippen LogP contribution in [0.4, 0.5) is 4.39 Å². The Kier molecular flexibility index (Phi) is 4.95. The van der Waals surface area contributed by atoms with E-state index in [1.807, 2.05) is 12.1 Å². The average molecular weight is 336 g/mol. The molecule has 0 saturated carbocycles. The zero-order valence-electron chi connectivity index (χ0n) is 11.7. The molecule has 0 spiro atoms. The summed E-state index contributed by atoms with van der Waals surface area (Å²) >= 11 is 3.20. The van der Waals surface area contributed by atoms with Gasteiger partial charge in [-0.2, -0.15) is 0 Å². The number of hydrogen-bond acceptors (Lipinski definition) is 1. The fraction of sp³-hybridized carbons (Fsp3) is 0.294. The molecule has 0 bridgehead atoms. The zero-order valence-corrected chi connectivity index (χ0v) is 13.3. The van der Waals surface area contributed by atoms with Crippen molar-refractivity contribution in [2.45, 2.75) is 26.3 Å². The van der Waals surface area contributed by atoms with Crippen molar-refractivity contribution in [2.24, 2.45) is 11.7 Å². The van der Waals surface area contributed by atoms with Gasteiger partial charge in [0.25, 0.3) is 0 Å². The molecule has 0 aliphatic rings. The van der Waals surface area contributed by atoms with E-state index in [-0.39, 0.29) is 5.82 Å². The second-order valence-corrected chi connectivity index (χ2v) is 6.32. The molecule has 2 aromatic rings. The molecule has 3 heteroatoms. The van der Waals surface area contributed by atoms with E-state index in [1.165, 1.54) is 5.56 Å². The Bertz CT molecular complexity index is 595. The highest BCUT2D eigenvalue weighted by Gasteiger charge is 2.15. The molecule has 0 aliphatic heterocycles. The Morgan fingerprint density at radius 2 is 1.85 bits per heavy atom. The maximum Gasteiger partial charge on any atom is 0.142 e. The molecule has 2 aromatic carbocycles. The van der Waals surface area contributed by atoms with E-state index in [9.17, 15) is 4.39 Å². The van der Waals surface area contributed by atoms with Crippen LogP contribution in [0.1, 0.15) is 36.6 Å². The first-order valence-corrected chi connectivity index (χ1v) is 7.56. The highest BCUT2D eigenvalue weighted by Crippen LogP contribution is 2.27. The summed E-state index contributed by atoms with van der Waals surface area (Å²) in [6.45, 7) is 4.36. The molecule has 1 atom stereocenters. The second-order valence-electron chi connectivity index (χ2n) is 5.46. The smallest absolute Gasteiger partial charge is 0.142 e. The van der Waals surface area contributed by atoms with Gasteiger partial charge in [0.15, 0.2) is 0 Å². The van der Waals surface area contributed by atoms with Crippen LogP contribution in [0.2, 0.25) is 0 Å². The van der Waals surface area contributed by atoms with Crippen LogP contribution in [-0.2, 0) is 6.42 Å². The Morgan fingerprint density at radius 3 is 2.55 bits per heavy atom. The standard InChI is InChI=1S/C17H19BrFN/c1-11(2)9-12-5-3-6-13(10-12)17(20)14-7-4-8-15(18)16(14)19/h3-8,10-11,17H,9,20H2,1-2H3. The fourth-order valence-corrected chi connectivity index (χ4v) is 2.71. The van der Waals surface area contributed by atoms with Crippen LogP contribution in [0, 0.1) is 11.7 Å². The molecule has 20 heavy (non-hydrogen) atoms. The normalized spacial score (nSPS) is 12.7. The van der Waals surface area contributed by atoms with Gasteiger partial charge in [0, 0.05) is 5.56 Å². The van der Waals surface area contributed by atoms with Gasteiger partial charge in [0.1, 0.15) is 5.82 Å². The van der Waals surface area contributed by atoms with Crippen molar-refractivity contribution in [3.05, 3.63) is 69.4 Å². The van der Waals surface area contributed by atoms with E-state index in [2.05, 4.69) is 41.9 Å². The summed E-state index contributed by atoms with van der Waals surface area (Å²) in [6, 6.07) is 12.9. The molecule has 1 nitrogen and oxygen atoms in total. The summed E-state index contributed by atoms with van der Waals surface area (Å²) < 4.78 is 14.6. The van der Waals surface area contributed by atoms with Gasteiger partial charge in [-0.05, 0) is 45.5 Å². The summed E-state index contributed by atoms with van der Waals surface area (Å²) in [5.74, 6) is 0.304. The topological polar surface area (TPSA) is 26.0 Å². The summed E-state index contributed by atoms with van der Waals surface area (Å²) in [4.78, 5) is 0. The van der Waals surface area contributed by atoms with Crippen molar-refractivity contribution in [3.8, 4) is 0 Å². The molecule has 106 valence electrons. The van der Waals surface area contributed by atoms with Gasteiger partial charge in [-0.1, -0.05) is 50.2 Å². The largest absolute Gasteiger partial charge is 0.320 e. The van der Waals surface area contributed by atoms with Gasteiger partial charge in [-0.25, -0.2) is 4.39 Å². The summed E-state index contributed by atoms with van der Waals surface area (Å²) in [5, 5.41) is 0. The third kappa shape index (κ3) is 3.47. The molecule has 0 aliphatic carbocycles. The maximum absolute atomic E-state index is 14.1. The summed E-state index contributed by atoms with van der Waals surface area (Å²) in [5.41, 5.74) is 8.92. The summed E-state index contributed by atoms with van der Waals surface area (Å²) in [6.07, 6.45) is 1.00. The number of rotatable bonds is 4. The van der Waals surface area contributed by atoms with Crippen molar-refractivity contribution < 1.29 is 4.39 Å². The fourth-order valence-electron chi connectivity index (χ4n) is 2.33. The van der Waals surface area contributed by atoms with Crippen LogP contribution < -0.4 is 5.73 Å². The van der Waals surface area contributed by atoms with E-state index < -0.39 is 6.04 Å². The van der Waals surface area contributed by atoms with Crippen molar-refractivity contribution in [1.82, 2.24) is 0 Å².